The number of imide groups is 1. The molecule has 98 valence electrons. The molecule has 3 rings (SSSR count). The van der Waals surface area contributed by atoms with Crippen LogP contribution in [-0.2, 0) is 9.59 Å². The molecule has 0 saturated heterocycles. The molecule has 2 aromatic rings. The normalized spacial score (nSPS) is 15.6. The molecule has 1 heterocycles. The first-order chi connectivity index (χ1) is 9.68. The van der Waals surface area contributed by atoms with Gasteiger partial charge in [-0.15, -0.1) is 0 Å². The summed E-state index contributed by atoms with van der Waals surface area (Å²) in [4.78, 5) is 25.4. The fourth-order valence-corrected chi connectivity index (χ4v) is 2.41. The maximum absolute atomic E-state index is 12.4. The molecule has 0 aromatic heterocycles. The van der Waals surface area contributed by atoms with Gasteiger partial charge >= 0.3 is 0 Å². The van der Waals surface area contributed by atoms with Gasteiger partial charge in [0, 0.05) is 12.5 Å². The van der Waals surface area contributed by atoms with Gasteiger partial charge < -0.3 is 0 Å². The van der Waals surface area contributed by atoms with Crippen LogP contribution in [0.1, 0.15) is 18.1 Å². The molecule has 1 aliphatic heterocycles. The average molecular weight is 263 g/mol. The molecular formula is C17H13NO2. The van der Waals surface area contributed by atoms with E-state index in [9.17, 15) is 9.59 Å². The summed E-state index contributed by atoms with van der Waals surface area (Å²) in [5.74, 6) is -0.526. The van der Waals surface area contributed by atoms with Gasteiger partial charge in [-0.2, -0.15) is 0 Å². The first kappa shape index (κ1) is 12.4. The molecule has 2 aromatic carbocycles. The van der Waals surface area contributed by atoms with E-state index in [0.29, 0.717) is 11.3 Å². The van der Waals surface area contributed by atoms with Crippen molar-refractivity contribution in [3.63, 3.8) is 0 Å². The minimum atomic E-state index is -0.265. The fraction of sp³-hybridized carbons (Fsp3) is 0.0588. The Labute approximate surface area is 117 Å². The Bertz CT molecular complexity index is 717. The highest BCUT2D eigenvalue weighted by molar-refractivity contribution is 6.41. The average Bonchev–Trinajstić information content (AvgIpc) is 2.73. The van der Waals surface area contributed by atoms with Crippen LogP contribution in [0.5, 0.6) is 0 Å². The Hall–Kier alpha value is -2.68. The molecule has 0 N–H and O–H groups in total. The van der Waals surface area contributed by atoms with Crippen molar-refractivity contribution in [2.24, 2.45) is 0 Å². The van der Waals surface area contributed by atoms with Crippen molar-refractivity contribution in [1.82, 2.24) is 0 Å². The van der Waals surface area contributed by atoms with Gasteiger partial charge in [-0.1, -0.05) is 48.5 Å². The summed E-state index contributed by atoms with van der Waals surface area (Å²) in [7, 11) is 0. The van der Waals surface area contributed by atoms with Crippen LogP contribution in [0.4, 0.5) is 5.69 Å². The summed E-state index contributed by atoms with van der Waals surface area (Å²) >= 11 is 0. The molecule has 3 nitrogen and oxygen atoms in total. The van der Waals surface area contributed by atoms with Crippen LogP contribution in [0.25, 0.3) is 11.6 Å². The minimum Gasteiger partial charge on any atom is -0.274 e. The van der Waals surface area contributed by atoms with Gasteiger partial charge in [-0.05, 0) is 17.7 Å². The number of carbonyl (C=O) groups excluding carboxylic acids is 2. The molecular weight excluding hydrogens is 250 g/mol. The highest BCUT2D eigenvalue weighted by Crippen LogP contribution is 2.37. The van der Waals surface area contributed by atoms with Gasteiger partial charge in [0.25, 0.3) is 5.91 Å². The van der Waals surface area contributed by atoms with Crippen LogP contribution in [0, 0.1) is 0 Å². The summed E-state index contributed by atoms with van der Waals surface area (Å²) in [5, 5.41) is 0. The van der Waals surface area contributed by atoms with Crippen molar-refractivity contribution >= 4 is 29.2 Å². The molecule has 0 radical (unpaired) electrons. The number of hydrogen-bond acceptors (Lipinski definition) is 2. The van der Waals surface area contributed by atoms with E-state index in [-0.39, 0.29) is 11.8 Å². The van der Waals surface area contributed by atoms with Gasteiger partial charge in [0.1, 0.15) is 0 Å². The molecule has 0 unspecified atom stereocenters. The standard InChI is InChI=1S/C17H13NO2/c1-12(19)18-16-10-6-5-9-14(16)15(17(18)20)11-13-7-3-2-4-8-13/h2-11H,1H3/b15-11+. The minimum absolute atomic E-state index is 0.262. The zero-order valence-corrected chi connectivity index (χ0v) is 11.0. The third kappa shape index (κ3) is 1.93. The van der Waals surface area contributed by atoms with Gasteiger partial charge in [-0.25, -0.2) is 4.90 Å². The number of para-hydroxylation sites is 1. The van der Waals surface area contributed by atoms with Crippen LogP contribution in [0.15, 0.2) is 54.6 Å². The predicted molar refractivity (Wildman–Crippen MR) is 78.9 cm³/mol. The lowest BCUT2D eigenvalue weighted by atomic mass is 10.0. The first-order valence-corrected chi connectivity index (χ1v) is 6.39. The summed E-state index contributed by atoms with van der Waals surface area (Å²) in [6.45, 7) is 1.40. The second-order valence-corrected chi connectivity index (χ2v) is 4.65. The van der Waals surface area contributed by atoms with Crippen molar-refractivity contribution in [1.29, 1.82) is 0 Å². The van der Waals surface area contributed by atoms with Crippen LogP contribution in [-0.4, -0.2) is 11.8 Å². The number of benzene rings is 2. The molecule has 2 amide bonds. The summed E-state index contributed by atoms with van der Waals surface area (Å²) in [6.07, 6.45) is 1.82. The lowest BCUT2D eigenvalue weighted by Gasteiger charge is -2.11. The molecule has 0 bridgehead atoms. The maximum atomic E-state index is 12.4. The Morgan fingerprint density at radius 3 is 2.35 bits per heavy atom. The summed E-state index contributed by atoms with van der Waals surface area (Å²) < 4.78 is 0. The van der Waals surface area contributed by atoms with Crippen molar-refractivity contribution in [3.8, 4) is 0 Å². The van der Waals surface area contributed by atoms with Gasteiger partial charge in [0.15, 0.2) is 0 Å². The predicted octanol–water partition coefficient (Wildman–Crippen LogP) is 3.12. The Kier molecular flexibility index (Phi) is 2.95. The van der Waals surface area contributed by atoms with E-state index in [1.165, 1.54) is 11.8 Å². The highest BCUT2D eigenvalue weighted by atomic mass is 16.2. The first-order valence-electron chi connectivity index (χ1n) is 6.39. The van der Waals surface area contributed by atoms with Crippen molar-refractivity contribution < 1.29 is 9.59 Å². The van der Waals surface area contributed by atoms with E-state index in [4.69, 9.17) is 0 Å². The van der Waals surface area contributed by atoms with Crippen LogP contribution >= 0.6 is 0 Å². The number of nitrogens with zero attached hydrogens (tertiary/aromatic N) is 1. The number of amides is 2. The van der Waals surface area contributed by atoms with Crippen LogP contribution in [0.2, 0.25) is 0 Å². The quantitative estimate of drug-likeness (QED) is 0.741. The third-order valence-electron chi connectivity index (χ3n) is 3.29. The zero-order chi connectivity index (χ0) is 14.1. The molecule has 20 heavy (non-hydrogen) atoms. The summed E-state index contributed by atoms with van der Waals surface area (Å²) in [5.41, 5.74) is 2.96. The van der Waals surface area contributed by atoms with E-state index in [1.54, 1.807) is 6.07 Å². The fourth-order valence-electron chi connectivity index (χ4n) is 2.41. The van der Waals surface area contributed by atoms with Gasteiger partial charge in [0.2, 0.25) is 5.91 Å². The number of carbonyl (C=O) groups is 2. The SMILES string of the molecule is CC(=O)N1C(=O)/C(=C/c2ccccc2)c2ccccc21. The maximum Gasteiger partial charge on any atom is 0.265 e. The molecule has 0 saturated carbocycles. The molecule has 0 atom stereocenters. The van der Waals surface area contributed by atoms with Crippen LogP contribution in [0.3, 0.4) is 0 Å². The Balaban J connectivity index is 2.16. The highest BCUT2D eigenvalue weighted by Gasteiger charge is 2.34. The number of anilines is 1. The van der Waals surface area contributed by atoms with Gasteiger partial charge in [-0.3, -0.25) is 9.59 Å². The molecule has 0 aliphatic carbocycles. The number of rotatable bonds is 1. The third-order valence-corrected chi connectivity index (χ3v) is 3.29. The number of fused-ring (bicyclic) bond motifs is 1. The molecule has 0 fully saturated rings. The van der Waals surface area contributed by atoms with Crippen molar-refractivity contribution in [2.45, 2.75) is 6.92 Å². The second-order valence-electron chi connectivity index (χ2n) is 4.65. The van der Waals surface area contributed by atoms with Crippen LogP contribution < -0.4 is 4.90 Å². The molecule has 1 aliphatic rings. The summed E-state index contributed by atoms with van der Waals surface area (Å²) in [6, 6.07) is 17.0. The topological polar surface area (TPSA) is 37.4 Å². The monoisotopic (exact) mass is 263 g/mol. The van der Waals surface area contributed by atoms with E-state index in [2.05, 4.69) is 0 Å². The molecule has 0 spiro atoms. The van der Waals surface area contributed by atoms with Gasteiger partial charge in [0.05, 0.1) is 11.3 Å². The zero-order valence-electron chi connectivity index (χ0n) is 11.0. The number of hydrogen-bond donors (Lipinski definition) is 0. The lowest BCUT2D eigenvalue weighted by Crippen LogP contribution is -2.30. The largest absolute Gasteiger partial charge is 0.274 e. The second kappa shape index (κ2) is 4.78. The molecule has 3 heteroatoms. The van der Waals surface area contributed by atoms with Crippen molar-refractivity contribution in [3.05, 3.63) is 65.7 Å². The smallest absolute Gasteiger partial charge is 0.265 e. The van der Waals surface area contributed by atoms with E-state index in [1.807, 2.05) is 54.6 Å². The van der Waals surface area contributed by atoms with E-state index < -0.39 is 0 Å². The van der Waals surface area contributed by atoms with E-state index >= 15 is 0 Å². The Morgan fingerprint density at radius 2 is 1.65 bits per heavy atom. The van der Waals surface area contributed by atoms with E-state index in [0.717, 1.165) is 11.1 Å². The lowest BCUT2D eigenvalue weighted by molar-refractivity contribution is -0.122. The Morgan fingerprint density at radius 1 is 1.00 bits per heavy atom. The van der Waals surface area contributed by atoms with Crippen molar-refractivity contribution in [2.75, 3.05) is 4.90 Å².